The first-order valence-electron chi connectivity index (χ1n) is 8.05. The number of hydrogen-bond acceptors (Lipinski definition) is 6. The van der Waals surface area contributed by atoms with Gasteiger partial charge in [-0.1, -0.05) is 48.5 Å². The summed E-state index contributed by atoms with van der Waals surface area (Å²) in [6, 6.07) is 13.7. The number of aldehydes is 1. The lowest BCUT2D eigenvalue weighted by atomic mass is 10.1. The summed E-state index contributed by atoms with van der Waals surface area (Å²) in [5.74, 6) is -0.0839. The highest BCUT2D eigenvalue weighted by Crippen LogP contribution is 2.30. The van der Waals surface area contributed by atoms with Crippen molar-refractivity contribution in [3.63, 3.8) is 0 Å². The summed E-state index contributed by atoms with van der Waals surface area (Å²) in [6.07, 6.45) is 8.19. The van der Waals surface area contributed by atoms with Gasteiger partial charge in [0.25, 0.3) is 0 Å². The van der Waals surface area contributed by atoms with Crippen LogP contribution in [-0.4, -0.2) is 24.7 Å². The molecule has 1 aromatic heterocycles. The highest BCUT2D eigenvalue weighted by molar-refractivity contribution is 7.86. The minimum atomic E-state index is -3.89. The van der Waals surface area contributed by atoms with Crippen molar-refractivity contribution in [1.82, 2.24) is 9.97 Å². The number of allylic oxidation sites excluding steroid dienone is 1. The van der Waals surface area contributed by atoms with Gasteiger partial charge in [-0.25, -0.2) is 9.97 Å². The van der Waals surface area contributed by atoms with Crippen molar-refractivity contribution >= 4 is 22.5 Å². The summed E-state index contributed by atoms with van der Waals surface area (Å²) >= 11 is 0. The lowest BCUT2D eigenvalue weighted by Crippen LogP contribution is -2.12. The normalized spacial score (nSPS) is 11.4. The Kier molecular flexibility index (Phi) is 5.73. The van der Waals surface area contributed by atoms with Gasteiger partial charge in [-0.2, -0.15) is 8.42 Å². The highest BCUT2D eigenvalue weighted by atomic mass is 32.2. The molecule has 0 bridgehead atoms. The standard InChI is InChI=1S/C20H16N2O4S/c23-10-4-7-16-5-3-6-17(11-16)14-27(24,25)26-20-9-2-1-8-19(20)18-12-21-15-22-13-18/h1-13,15H,14H2/b7-4+. The van der Waals surface area contributed by atoms with E-state index in [0.29, 0.717) is 23.0 Å². The van der Waals surface area contributed by atoms with Gasteiger partial charge in [0.1, 0.15) is 18.4 Å². The molecule has 0 unspecified atom stereocenters. The molecule has 6 nitrogen and oxygen atoms in total. The molecule has 0 amide bonds. The molecule has 27 heavy (non-hydrogen) atoms. The summed E-state index contributed by atoms with van der Waals surface area (Å²) in [4.78, 5) is 18.3. The van der Waals surface area contributed by atoms with Gasteiger partial charge in [0.2, 0.25) is 0 Å². The Hall–Kier alpha value is -3.32. The van der Waals surface area contributed by atoms with E-state index in [0.717, 1.165) is 5.56 Å². The van der Waals surface area contributed by atoms with Crippen LogP contribution in [0.15, 0.2) is 73.3 Å². The molecular weight excluding hydrogens is 364 g/mol. The number of carbonyl (C=O) groups excluding carboxylic acids is 1. The summed E-state index contributed by atoms with van der Waals surface area (Å²) in [6.45, 7) is 0. The van der Waals surface area contributed by atoms with E-state index in [1.807, 2.05) is 0 Å². The van der Waals surface area contributed by atoms with Gasteiger partial charge < -0.3 is 4.18 Å². The number of aromatic nitrogens is 2. The van der Waals surface area contributed by atoms with Gasteiger partial charge in [-0.05, 0) is 23.3 Å². The van der Waals surface area contributed by atoms with E-state index in [1.165, 1.54) is 12.4 Å². The van der Waals surface area contributed by atoms with Crippen LogP contribution in [0.3, 0.4) is 0 Å². The number of rotatable bonds is 7. The fourth-order valence-corrected chi connectivity index (χ4v) is 3.59. The van der Waals surface area contributed by atoms with E-state index in [4.69, 9.17) is 4.18 Å². The van der Waals surface area contributed by atoms with Crippen molar-refractivity contribution in [2.75, 3.05) is 0 Å². The largest absolute Gasteiger partial charge is 0.382 e. The fourth-order valence-electron chi connectivity index (χ4n) is 2.52. The Balaban J connectivity index is 1.84. The van der Waals surface area contributed by atoms with Gasteiger partial charge in [-0.3, -0.25) is 4.79 Å². The minimum Gasteiger partial charge on any atom is -0.382 e. The molecule has 0 fully saturated rings. The van der Waals surface area contributed by atoms with Crippen LogP contribution < -0.4 is 4.18 Å². The van der Waals surface area contributed by atoms with Gasteiger partial charge in [0, 0.05) is 23.5 Å². The van der Waals surface area contributed by atoms with E-state index >= 15 is 0 Å². The molecule has 3 aromatic rings. The van der Waals surface area contributed by atoms with Crippen molar-refractivity contribution in [2.45, 2.75) is 5.75 Å². The van der Waals surface area contributed by atoms with E-state index in [1.54, 1.807) is 67.0 Å². The maximum atomic E-state index is 12.6. The van der Waals surface area contributed by atoms with Gasteiger partial charge in [0.15, 0.2) is 5.75 Å². The van der Waals surface area contributed by atoms with E-state index in [-0.39, 0.29) is 11.5 Å². The van der Waals surface area contributed by atoms with Crippen LogP contribution in [0.25, 0.3) is 17.2 Å². The zero-order valence-corrected chi connectivity index (χ0v) is 15.0. The SMILES string of the molecule is O=C/C=C/c1cccc(CS(=O)(=O)Oc2ccccc2-c2cncnc2)c1. The van der Waals surface area contributed by atoms with Crippen LogP contribution in [0.1, 0.15) is 11.1 Å². The van der Waals surface area contributed by atoms with E-state index < -0.39 is 10.1 Å². The molecule has 0 saturated heterocycles. The van der Waals surface area contributed by atoms with Crippen molar-refractivity contribution in [1.29, 1.82) is 0 Å². The molecule has 0 aliphatic heterocycles. The lowest BCUT2D eigenvalue weighted by molar-refractivity contribution is -0.104. The van der Waals surface area contributed by atoms with E-state index in [9.17, 15) is 13.2 Å². The summed E-state index contributed by atoms with van der Waals surface area (Å²) in [5, 5.41) is 0. The topological polar surface area (TPSA) is 86.2 Å². The Morgan fingerprint density at radius 1 is 1.00 bits per heavy atom. The molecule has 7 heteroatoms. The van der Waals surface area contributed by atoms with Crippen molar-refractivity contribution in [3.05, 3.63) is 84.5 Å². The van der Waals surface area contributed by atoms with Crippen molar-refractivity contribution in [3.8, 4) is 16.9 Å². The van der Waals surface area contributed by atoms with E-state index in [2.05, 4.69) is 9.97 Å². The number of para-hydroxylation sites is 1. The molecule has 2 aromatic carbocycles. The first-order chi connectivity index (χ1) is 13.1. The Labute approximate surface area is 157 Å². The number of hydrogen-bond donors (Lipinski definition) is 0. The maximum absolute atomic E-state index is 12.6. The zero-order valence-electron chi connectivity index (χ0n) is 14.2. The third kappa shape index (κ3) is 5.08. The molecule has 0 aliphatic carbocycles. The Bertz CT molecular complexity index is 1060. The quantitative estimate of drug-likeness (QED) is 0.355. The fraction of sp³-hybridized carbons (Fsp3) is 0.0500. The second kappa shape index (κ2) is 8.37. The molecule has 3 rings (SSSR count). The van der Waals surface area contributed by atoms with Crippen molar-refractivity contribution in [2.24, 2.45) is 0 Å². The first kappa shape index (κ1) is 18.5. The highest BCUT2D eigenvalue weighted by Gasteiger charge is 2.17. The summed E-state index contributed by atoms with van der Waals surface area (Å²) < 4.78 is 30.5. The van der Waals surface area contributed by atoms with Crippen LogP contribution in [-0.2, 0) is 20.7 Å². The van der Waals surface area contributed by atoms with Crippen molar-refractivity contribution < 1.29 is 17.4 Å². The molecule has 1 heterocycles. The molecular formula is C20H16N2O4S. The van der Waals surface area contributed by atoms with Crippen LogP contribution in [0, 0.1) is 0 Å². The second-order valence-corrected chi connectivity index (χ2v) is 7.22. The Morgan fingerprint density at radius 2 is 1.78 bits per heavy atom. The maximum Gasteiger partial charge on any atom is 0.313 e. The van der Waals surface area contributed by atoms with Gasteiger partial charge in [-0.15, -0.1) is 0 Å². The van der Waals surface area contributed by atoms with Crippen LogP contribution in [0.4, 0.5) is 0 Å². The molecule has 0 saturated carbocycles. The minimum absolute atomic E-state index is 0.212. The number of benzene rings is 2. The monoisotopic (exact) mass is 380 g/mol. The molecule has 0 spiro atoms. The van der Waals surface area contributed by atoms with Crippen LogP contribution in [0.2, 0.25) is 0 Å². The number of carbonyl (C=O) groups is 1. The average molecular weight is 380 g/mol. The third-order valence-corrected chi connectivity index (χ3v) is 4.76. The Morgan fingerprint density at radius 3 is 2.56 bits per heavy atom. The molecule has 0 aliphatic rings. The predicted molar refractivity (Wildman–Crippen MR) is 102 cm³/mol. The van der Waals surface area contributed by atoms with Crippen LogP contribution >= 0.6 is 0 Å². The predicted octanol–water partition coefficient (Wildman–Crippen LogP) is 3.26. The molecule has 136 valence electrons. The summed E-state index contributed by atoms with van der Waals surface area (Å²) in [7, 11) is -3.89. The molecule has 0 radical (unpaired) electrons. The van der Waals surface area contributed by atoms with Gasteiger partial charge >= 0.3 is 10.1 Å². The van der Waals surface area contributed by atoms with Gasteiger partial charge in [0.05, 0.1) is 0 Å². The lowest BCUT2D eigenvalue weighted by Gasteiger charge is -2.11. The zero-order chi connectivity index (χ0) is 19.1. The second-order valence-electron chi connectivity index (χ2n) is 5.65. The molecule has 0 atom stereocenters. The average Bonchev–Trinajstić information content (AvgIpc) is 2.67. The molecule has 0 N–H and O–H groups in total. The number of nitrogens with zero attached hydrogens (tertiary/aromatic N) is 2. The third-order valence-electron chi connectivity index (χ3n) is 3.64. The smallest absolute Gasteiger partial charge is 0.313 e. The summed E-state index contributed by atoms with van der Waals surface area (Å²) in [5.41, 5.74) is 2.54. The first-order valence-corrected chi connectivity index (χ1v) is 9.62. The van der Waals surface area contributed by atoms with Crippen LogP contribution in [0.5, 0.6) is 5.75 Å².